The lowest BCUT2D eigenvalue weighted by Gasteiger charge is -2.36. The van der Waals surface area contributed by atoms with E-state index in [4.69, 9.17) is 11.6 Å². The van der Waals surface area contributed by atoms with Crippen LogP contribution in [0.1, 0.15) is 18.5 Å². The summed E-state index contributed by atoms with van der Waals surface area (Å²) in [5.41, 5.74) is 2.25. The molecule has 0 aromatic heterocycles. The highest BCUT2D eigenvalue weighted by molar-refractivity contribution is 9.10. The first-order valence-corrected chi connectivity index (χ1v) is 9.96. The monoisotopic (exact) mass is 435 g/mol. The molecular weight excluding hydrogens is 414 g/mol. The fourth-order valence-electron chi connectivity index (χ4n) is 3.16. The summed E-state index contributed by atoms with van der Waals surface area (Å²) in [6.45, 7) is 5.98. The molecule has 1 aliphatic rings. The molecule has 0 saturated carbocycles. The number of rotatable bonds is 5. The van der Waals surface area contributed by atoms with Crippen LogP contribution >= 0.6 is 27.5 Å². The predicted molar refractivity (Wildman–Crippen MR) is 111 cm³/mol. The van der Waals surface area contributed by atoms with E-state index < -0.39 is 0 Å². The fraction of sp³-hybridized carbons (Fsp3) is 0.350. The molecule has 0 aliphatic carbocycles. The minimum Gasteiger partial charge on any atom is -0.369 e. The largest absolute Gasteiger partial charge is 0.369 e. The molecule has 2 aromatic rings. The molecule has 1 amide bonds. The Kier molecular flexibility index (Phi) is 6.57. The molecule has 1 fully saturated rings. The van der Waals surface area contributed by atoms with Gasteiger partial charge in [-0.05, 0) is 42.8 Å². The van der Waals surface area contributed by atoms with Crippen molar-refractivity contribution in [3.8, 4) is 0 Å². The number of hydrogen-bond donors (Lipinski definition) is 1. The average Bonchev–Trinajstić information content (AvgIpc) is 2.62. The van der Waals surface area contributed by atoms with Gasteiger partial charge in [-0.15, -0.1) is 0 Å². The van der Waals surface area contributed by atoms with Gasteiger partial charge in [0.15, 0.2) is 0 Å². The Bertz CT molecular complexity index is 745. The zero-order valence-electron chi connectivity index (χ0n) is 14.8. The van der Waals surface area contributed by atoms with Crippen molar-refractivity contribution in [3.05, 3.63) is 63.6 Å². The van der Waals surface area contributed by atoms with Crippen LogP contribution < -0.4 is 10.2 Å². The molecule has 138 valence electrons. The van der Waals surface area contributed by atoms with E-state index in [9.17, 15) is 4.79 Å². The average molecular weight is 437 g/mol. The van der Waals surface area contributed by atoms with Crippen LogP contribution in [0.4, 0.5) is 5.69 Å². The van der Waals surface area contributed by atoms with Crippen molar-refractivity contribution in [1.29, 1.82) is 0 Å². The van der Waals surface area contributed by atoms with Crippen LogP contribution in [-0.4, -0.2) is 43.5 Å². The highest BCUT2D eigenvalue weighted by Crippen LogP contribution is 2.21. The fourth-order valence-corrected chi connectivity index (χ4v) is 3.61. The van der Waals surface area contributed by atoms with E-state index in [1.165, 1.54) is 0 Å². The van der Waals surface area contributed by atoms with Crippen LogP contribution in [0.3, 0.4) is 0 Å². The summed E-state index contributed by atoms with van der Waals surface area (Å²) >= 11 is 9.51. The number of nitrogens with one attached hydrogen (secondary N) is 1. The van der Waals surface area contributed by atoms with Gasteiger partial charge in [-0.1, -0.05) is 45.7 Å². The number of amides is 1. The van der Waals surface area contributed by atoms with E-state index in [1.807, 2.05) is 49.4 Å². The Morgan fingerprint density at radius 3 is 2.50 bits per heavy atom. The van der Waals surface area contributed by atoms with E-state index in [-0.39, 0.29) is 11.9 Å². The maximum Gasteiger partial charge on any atom is 0.234 e. The van der Waals surface area contributed by atoms with Gasteiger partial charge in [0.1, 0.15) is 0 Å². The summed E-state index contributed by atoms with van der Waals surface area (Å²) < 4.78 is 1.04. The van der Waals surface area contributed by atoms with Crippen LogP contribution in [0.5, 0.6) is 0 Å². The Labute approximate surface area is 168 Å². The van der Waals surface area contributed by atoms with E-state index in [0.717, 1.165) is 46.9 Å². The van der Waals surface area contributed by atoms with Gasteiger partial charge >= 0.3 is 0 Å². The molecule has 6 heteroatoms. The highest BCUT2D eigenvalue weighted by Gasteiger charge is 2.20. The third-order valence-electron chi connectivity index (χ3n) is 4.66. The molecule has 1 N–H and O–H groups in total. The summed E-state index contributed by atoms with van der Waals surface area (Å²) in [6.07, 6.45) is 0. The summed E-state index contributed by atoms with van der Waals surface area (Å²) in [6, 6.07) is 16.0. The number of hydrogen-bond acceptors (Lipinski definition) is 3. The van der Waals surface area contributed by atoms with E-state index in [0.29, 0.717) is 6.54 Å². The number of benzene rings is 2. The Morgan fingerprint density at radius 1 is 1.15 bits per heavy atom. The van der Waals surface area contributed by atoms with Gasteiger partial charge in [0.05, 0.1) is 12.6 Å². The van der Waals surface area contributed by atoms with Crippen LogP contribution in [0.25, 0.3) is 0 Å². The van der Waals surface area contributed by atoms with Crippen molar-refractivity contribution in [2.24, 2.45) is 0 Å². The second-order valence-corrected chi connectivity index (χ2v) is 7.94. The SMILES string of the molecule is CC(NC(=O)CN1CCN(c2cccc(Cl)c2)CC1)c1ccc(Br)cc1. The van der Waals surface area contributed by atoms with Gasteiger partial charge in [-0.2, -0.15) is 0 Å². The first-order chi connectivity index (χ1) is 12.5. The van der Waals surface area contributed by atoms with Crippen molar-refractivity contribution in [2.45, 2.75) is 13.0 Å². The normalized spacial score (nSPS) is 16.3. The number of carbonyl (C=O) groups is 1. The third-order valence-corrected chi connectivity index (χ3v) is 5.42. The second-order valence-electron chi connectivity index (χ2n) is 6.58. The molecule has 0 bridgehead atoms. The molecule has 0 radical (unpaired) electrons. The molecule has 1 unspecified atom stereocenters. The summed E-state index contributed by atoms with van der Waals surface area (Å²) in [7, 11) is 0. The van der Waals surface area contributed by atoms with Gasteiger partial charge in [0.25, 0.3) is 0 Å². The smallest absolute Gasteiger partial charge is 0.234 e. The van der Waals surface area contributed by atoms with Crippen LogP contribution in [0.2, 0.25) is 5.02 Å². The molecule has 4 nitrogen and oxygen atoms in total. The van der Waals surface area contributed by atoms with Gasteiger partial charge in [-0.25, -0.2) is 0 Å². The molecule has 2 aromatic carbocycles. The van der Waals surface area contributed by atoms with Crippen molar-refractivity contribution >= 4 is 39.1 Å². The molecule has 1 aliphatic heterocycles. The number of halogens is 2. The lowest BCUT2D eigenvalue weighted by Crippen LogP contribution is -2.49. The van der Waals surface area contributed by atoms with Crippen LogP contribution in [-0.2, 0) is 4.79 Å². The molecule has 1 saturated heterocycles. The second kappa shape index (κ2) is 8.89. The third kappa shape index (κ3) is 5.22. The van der Waals surface area contributed by atoms with Gasteiger partial charge in [-0.3, -0.25) is 9.69 Å². The maximum atomic E-state index is 12.4. The maximum absolute atomic E-state index is 12.4. The molecule has 26 heavy (non-hydrogen) atoms. The number of carbonyl (C=O) groups excluding carboxylic acids is 1. The van der Waals surface area contributed by atoms with Gasteiger partial charge in [0, 0.05) is 41.4 Å². The lowest BCUT2D eigenvalue weighted by molar-refractivity contribution is -0.123. The Hall–Kier alpha value is -1.56. The Morgan fingerprint density at radius 2 is 1.85 bits per heavy atom. The van der Waals surface area contributed by atoms with Crippen molar-refractivity contribution in [1.82, 2.24) is 10.2 Å². The van der Waals surface area contributed by atoms with E-state index in [2.05, 4.69) is 37.1 Å². The van der Waals surface area contributed by atoms with E-state index in [1.54, 1.807) is 0 Å². The zero-order valence-corrected chi connectivity index (χ0v) is 17.1. The van der Waals surface area contributed by atoms with Crippen LogP contribution in [0.15, 0.2) is 53.0 Å². The molecule has 1 heterocycles. The quantitative estimate of drug-likeness (QED) is 0.766. The standard InChI is InChI=1S/C20H23BrClN3O/c1-15(16-5-7-17(21)8-6-16)23-20(26)14-24-9-11-25(12-10-24)19-4-2-3-18(22)13-19/h2-8,13,15H,9-12,14H2,1H3,(H,23,26). The van der Waals surface area contributed by atoms with Gasteiger partial charge in [0.2, 0.25) is 5.91 Å². The topological polar surface area (TPSA) is 35.6 Å². The highest BCUT2D eigenvalue weighted by atomic mass is 79.9. The summed E-state index contributed by atoms with van der Waals surface area (Å²) in [4.78, 5) is 16.9. The lowest BCUT2D eigenvalue weighted by atomic mass is 10.1. The Balaban J connectivity index is 1.46. The minimum atomic E-state index is 0.00310. The molecule has 0 spiro atoms. The molecule has 1 atom stereocenters. The minimum absolute atomic E-state index is 0.00310. The van der Waals surface area contributed by atoms with Gasteiger partial charge < -0.3 is 10.2 Å². The number of nitrogens with zero attached hydrogens (tertiary/aromatic N) is 2. The molecular formula is C20H23BrClN3O. The summed E-state index contributed by atoms with van der Waals surface area (Å²) in [5.74, 6) is 0.0663. The van der Waals surface area contributed by atoms with Crippen molar-refractivity contribution in [3.63, 3.8) is 0 Å². The number of piperazine rings is 1. The van der Waals surface area contributed by atoms with Crippen molar-refractivity contribution in [2.75, 3.05) is 37.6 Å². The zero-order chi connectivity index (χ0) is 18.5. The first-order valence-electron chi connectivity index (χ1n) is 8.79. The predicted octanol–water partition coefficient (Wildman–Crippen LogP) is 4.10. The van der Waals surface area contributed by atoms with Crippen molar-refractivity contribution < 1.29 is 4.79 Å². The number of anilines is 1. The first kappa shape index (κ1) is 19.2. The summed E-state index contributed by atoms with van der Waals surface area (Å²) in [5, 5.41) is 3.84. The molecule has 3 rings (SSSR count). The van der Waals surface area contributed by atoms with E-state index >= 15 is 0 Å². The van der Waals surface area contributed by atoms with Crippen LogP contribution in [0, 0.1) is 0 Å².